The van der Waals surface area contributed by atoms with Crippen molar-refractivity contribution in [2.75, 3.05) is 42.4 Å². The van der Waals surface area contributed by atoms with E-state index in [9.17, 15) is 13.2 Å². The lowest BCUT2D eigenvalue weighted by Gasteiger charge is -2.36. The number of hydrogen-bond donors (Lipinski definition) is 1. The second-order valence-corrected chi connectivity index (χ2v) is 12.7. The van der Waals surface area contributed by atoms with Crippen LogP contribution in [0.5, 0.6) is 5.75 Å². The summed E-state index contributed by atoms with van der Waals surface area (Å²) in [5.41, 5.74) is 2.45. The number of benzene rings is 3. The van der Waals surface area contributed by atoms with Gasteiger partial charge in [-0.2, -0.15) is 0 Å². The first-order chi connectivity index (χ1) is 20.5. The zero-order valence-electron chi connectivity index (χ0n) is 23.6. The quantitative estimate of drug-likeness (QED) is 0.261. The SMILES string of the molecule is O=C(c1ccc(NS(=O)(=O)c2cccc3cccnc23)cc1)N1CCN(c2ccc(OCCC3CCCC3)cc2)CC1. The number of rotatable bonds is 9. The molecule has 2 aliphatic rings. The van der Waals surface area contributed by atoms with Crippen molar-refractivity contribution in [1.82, 2.24) is 9.88 Å². The van der Waals surface area contributed by atoms with Gasteiger partial charge in [-0.25, -0.2) is 8.42 Å². The number of aromatic nitrogens is 1. The minimum atomic E-state index is -3.86. The molecule has 4 aromatic rings. The van der Waals surface area contributed by atoms with Gasteiger partial charge < -0.3 is 14.5 Å². The standard InChI is InChI=1S/C33H36N4O4S/c38-33(27-10-12-28(13-11-27)35-42(39,40)31-9-3-7-26-8-4-19-34-32(26)31)37-22-20-36(21-23-37)29-14-16-30(17-15-29)41-24-18-25-5-1-2-6-25/h3-4,7-17,19,25,35H,1-2,5-6,18,20-24H2. The molecule has 1 N–H and O–H groups in total. The van der Waals surface area contributed by atoms with Crippen molar-refractivity contribution >= 4 is 38.2 Å². The van der Waals surface area contributed by atoms with E-state index in [0.29, 0.717) is 29.9 Å². The van der Waals surface area contributed by atoms with Crippen molar-refractivity contribution in [3.05, 3.63) is 90.6 Å². The second-order valence-electron chi connectivity index (χ2n) is 11.1. The number of sulfonamides is 1. The van der Waals surface area contributed by atoms with Gasteiger partial charge >= 0.3 is 0 Å². The Morgan fingerprint density at radius 3 is 2.33 bits per heavy atom. The minimum absolute atomic E-state index is 0.0617. The summed E-state index contributed by atoms with van der Waals surface area (Å²) in [5, 5.41) is 0.747. The smallest absolute Gasteiger partial charge is 0.264 e. The van der Waals surface area contributed by atoms with E-state index in [-0.39, 0.29) is 10.8 Å². The molecule has 1 aliphatic heterocycles. The average molecular weight is 585 g/mol. The zero-order valence-corrected chi connectivity index (χ0v) is 24.4. The van der Waals surface area contributed by atoms with E-state index in [0.717, 1.165) is 48.9 Å². The number of para-hydroxylation sites is 1. The van der Waals surface area contributed by atoms with Gasteiger partial charge in [0.2, 0.25) is 0 Å². The lowest BCUT2D eigenvalue weighted by atomic mass is 10.1. The molecule has 0 spiro atoms. The Morgan fingerprint density at radius 1 is 0.881 bits per heavy atom. The van der Waals surface area contributed by atoms with Crippen LogP contribution in [0, 0.1) is 5.92 Å². The summed E-state index contributed by atoms with van der Waals surface area (Å²) in [5.74, 6) is 1.67. The molecule has 0 bridgehead atoms. The summed E-state index contributed by atoms with van der Waals surface area (Å²) in [4.78, 5) is 21.7. The highest BCUT2D eigenvalue weighted by Gasteiger charge is 2.23. The number of hydrogen-bond acceptors (Lipinski definition) is 6. The molecule has 2 heterocycles. The first-order valence-electron chi connectivity index (χ1n) is 14.7. The van der Waals surface area contributed by atoms with Crippen LogP contribution in [0.3, 0.4) is 0 Å². The first kappa shape index (κ1) is 28.0. The third-order valence-electron chi connectivity index (χ3n) is 8.31. The van der Waals surface area contributed by atoms with Crippen molar-refractivity contribution < 1.29 is 17.9 Å². The number of amides is 1. The predicted octanol–water partition coefficient (Wildman–Crippen LogP) is 5.96. The van der Waals surface area contributed by atoms with Crippen molar-refractivity contribution in [1.29, 1.82) is 0 Å². The molecule has 0 atom stereocenters. The van der Waals surface area contributed by atoms with Gasteiger partial charge in [0.15, 0.2) is 0 Å². The maximum absolute atomic E-state index is 13.2. The number of pyridine rings is 1. The Balaban J connectivity index is 1.01. The summed E-state index contributed by atoms with van der Waals surface area (Å²) in [6, 6.07) is 23.5. The van der Waals surface area contributed by atoms with E-state index in [1.807, 2.05) is 29.2 Å². The second kappa shape index (κ2) is 12.4. The number of carbonyl (C=O) groups excluding carboxylic acids is 1. The molecule has 1 aromatic heterocycles. The molecule has 1 saturated carbocycles. The van der Waals surface area contributed by atoms with E-state index < -0.39 is 10.0 Å². The molecule has 1 aliphatic carbocycles. The van der Waals surface area contributed by atoms with Crippen LogP contribution in [0.15, 0.2) is 90.0 Å². The van der Waals surface area contributed by atoms with Crippen molar-refractivity contribution in [3.8, 4) is 5.75 Å². The fourth-order valence-electron chi connectivity index (χ4n) is 5.93. The number of anilines is 2. The molecule has 3 aromatic carbocycles. The van der Waals surface area contributed by atoms with Crippen molar-refractivity contribution in [3.63, 3.8) is 0 Å². The van der Waals surface area contributed by atoms with E-state index >= 15 is 0 Å². The normalized spacial score (nSPS) is 16.1. The highest BCUT2D eigenvalue weighted by molar-refractivity contribution is 7.93. The summed E-state index contributed by atoms with van der Waals surface area (Å²) in [6.45, 7) is 3.48. The fourth-order valence-corrected chi connectivity index (χ4v) is 7.17. The summed E-state index contributed by atoms with van der Waals surface area (Å²) in [7, 11) is -3.86. The third kappa shape index (κ3) is 6.36. The van der Waals surface area contributed by atoms with Gasteiger partial charge in [0.25, 0.3) is 15.9 Å². The van der Waals surface area contributed by atoms with Crippen molar-refractivity contribution in [2.45, 2.75) is 37.0 Å². The van der Waals surface area contributed by atoms with E-state index in [1.165, 1.54) is 31.7 Å². The van der Waals surface area contributed by atoms with Gasteiger partial charge in [0.1, 0.15) is 10.6 Å². The molecule has 42 heavy (non-hydrogen) atoms. The number of carbonyl (C=O) groups is 1. The maximum Gasteiger partial charge on any atom is 0.264 e. The van der Waals surface area contributed by atoms with Crippen LogP contribution in [0.25, 0.3) is 10.9 Å². The topological polar surface area (TPSA) is 91.8 Å². The molecule has 8 nitrogen and oxygen atoms in total. The van der Waals surface area contributed by atoms with Gasteiger partial charge in [-0.3, -0.25) is 14.5 Å². The highest BCUT2D eigenvalue weighted by atomic mass is 32.2. The number of nitrogens with one attached hydrogen (secondary N) is 1. The van der Waals surface area contributed by atoms with Gasteiger partial charge in [-0.1, -0.05) is 43.9 Å². The van der Waals surface area contributed by atoms with Crippen LogP contribution in [-0.4, -0.2) is 57.0 Å². The van der Waals surface area contributed by atoms with Gasteiger partial charge in [0.05, 0.1) is 12.1 Å². The highest BCUT2D eigenvalue weighted by Crippen LogP contribution is 2.28. The number of fused-ring (bicyclic) bond motifs is 1. The number of piperazine rings is 1. The van der Waals surface area contributed by atoms with E-state index in [2.05, 4.69) is 26.7 Å². The van der Waals surface area contributed by atoms with Gasteiger partial charge in [-0.05, 0) is 73.0 Å². The first-order valence-corrected chi connectivity index (χ1v) is 16.2. The van der Waals surface area contributed by atoms with Crippen LogP contribution < -0.4 is 14.4 Å². The monoisotopic (exact) mass is 584 g/mol. The molecule has 2 fully saturated rings. The molecular formula is C33H36N4O4S. The van der Waals surface area contributed by atoms with Crippen LogP contribution >= 0.6 is 0 Å². The lowest BCUT2D eigenvalue weighted by Crippen LogP contribution is -2.48. The molecular weight excluding hydrogens is 548 g/mol. The van der Waals surface area contributed by atoms with Crippen molar-refractivity contribution in [2.24, 2.45) is 5.92 Å². The Kier molecular flexibility index (Phi) is 8.28. The molecule has 0 unspecified atom stereocenters. The Morgan fingerprint density at radius 2 is 1.60 bits per heavy atom. The largest absolute Gasteiger partial charge is 0.494 e. The van der Waals surface area contributed by atoms with Gasteiger partial charge in [0, 0.05) is 54.7 Å². The maximum atomic E-state index is 13.2. The average Bonchev–Trinajstić information content (AvgIpc) is 3.55. The summed E-state index contributed by atoms with van der Waals surface area (Å²) >= 11 is 0. The molecule has 1 saturated heterocycles. The third-order valence-corrected chi connectivity index (χ3v) is 9.72. The van der Waals surface area contributed by atoms with Crippen LogP contribution in [0.4, 0.5) is 11.4 Å². The predicted molar refractivity (Wildman–Crippen MR) is 166 cm³/mol. The Hall–Kier alpha value is -4.11. The summed E-state index contributed by atoms with van der Waals surface area (Å²) in [6.07, 6.45) is 8.12. The molecule has 218 valence electrons. The summed E-state index contributed by atoms with van der Waals surface area (Å²) < 4.78 is 34.8. The van der Waals surface area contributed by atoms with Crippen LogP contribution in [-0.2, 0) is 10.0 Å². The zero-order chi connectivity index (χ0) is 28.9. The molecule has 6 rings (SSSR count). The molecule has 0 radical (unpaired) electrons. The van der Waals surface area contributed by atoms with Crippen LogP contribution in [0.2, 0.25) is 0 Å². The number of nitrogens with zero attached hydrogens (tertiary/aromatic N) is 3. The van der Waals surface area contributed by atoms with Gasteiger partial charge in [-0.15, -0.1) is 0 Å². The lowest BCUT2D eigenvalue weighted by molar-refractivity contribution is 0.0747. The van der Waals surface area contributed by atoms with E-state index in [1.54, 1.807) is 42.6 Å². The molecule has 1 amide bonds. The molecule has 9 heteroatoms. The minimum Gasteiger partial charge on any atom is -0.494 e. The van der Waals surface area contributed by atoms with E-state index in [4.69, 9.17) is 4.74 Å². The Bertz CT molecular complexity index is 1620. The van der Waals surface area contributed by atoms with Crippen LogP contribution in [0.1, 0.15) is 42.5 Å². The fraction of sp³-hybridized carbons (Fsp3) is 0.333. The number of ether oxygens (including phenoxy) is 1. The Labute approximate surface area is 247 Å².